The van der Waals surface area contributed by atoms with Crippen molar-refractivity contribution in [1.29, 1.82) is 0 Å². The van der Waals surface area contributed by atoms with Crippen molar-refractivity contribution < 1.29 is 9.47 Å². The number of benzene rings is 3. The number of ether oxygens (including phenoxy) is 2. The highest BCUT2D eigenvalue weighted by molar-refractivity contribution is 6.06. The predicted octanol–water partition coefficient (Wildman–Crippen LogP) is 4.19. The third-order valence-corrected chi connectivity index (χ3v) is 4.87. The Kier molecular flexibility index (Phi) is 5.07. The molecular formula is C23H24N2O2. The maximum absolute atomic E-state index is 5.99. The molecule has 0 amide bonds. The van der Waals surface area contributed by atoms with Gasteiger partial charge in [0, 0.05) is 13.7 Å². The summed E-state index contributed by atoms with van der Waals surface area (Å²) in [6.07, 6.45) is 0. The van der Waals surface area contributed by atoms with Gasteiger partial charge < -0.3 is 14.8 Å². The molecule has 3 aromatic rings. The van der Waals surface area contributed by atoms with Crippen LogP contribution in [0.2, 0.25) is 0 Å². The molecule has 0 aromatic heterocycles. The van der Waals surface area contributed by atoms with Crippen molar-refractivity contribution in [3.63, 3.8) is 0 Å². The lowest BCUT2D eigenvalue weighted by Gasteiger charge is -2.14. The van der Waals surface area contributed by atoms with Crippen LogP contribution in [0.5, 0.6) is 5.75 Å². The molecule has 0 aliphatic carbocycles. The highest BCUT2D eigenvalue weighted by Crippen LogP contribution is 2.31. The molecule has 4 rings (SSSR count). The number of rotatable bonds is 6. The van der Waals surface area contributed by atoms with Crippen LogP contribution in [-0.2, 0) is 4.74 Å². The van der Waals surface area contributed by atoms with Gasteiger partial charge in [0.2, 0.25) is 0 Å². The summed E-state index contributed by atoms with van der Waals surface area (Å²) in [5, 5.41) is 5.70. The van der Waals surface area contributed by atoms with Crippen LogP contribution < -0.4 is 10.1 Å². The molecule has 1 aliphatic heterocycles. The van der Waals surface area contributed by atoms with Crippen molar-refractivity contribution in [2.75, 3.05) is 33.4 Å². The minimum Gasteiger partial charge on any atom is -0.490 e. The largest absolute Gasteiger partial charge is 0.490 e. The van der Waals surface area contributed by atoms with E-state index in [0.717, 1.165) is 35.6 Å². The minimum absolute atomic E-state index is 0.517. The summed E-state index contributed by atoms with van der Waals surface area (Å²) >= 11 is 0. The van der Waals surface area contributed by atoms with Crippen LogP contribution in [0.3, 0.4) is 0 Å². The first-order chi connectivity index (χ1) is 13.3. The highest BCUT2D eigenvalue weighted by atomic mass is 16.5. The minimum atomic E-state index is 0.517. The molecule has 1 N–H and O–H groups in total. The smallest absolute Gasteiger partial charge is 0.132 e. The zero-order valence-corrected chi connectivity index (χ0v) is 15.8. The van der Waals surface area contributed by atoms with Crippen molar-refractivity contribution in [1.82, 2.24) is 5.32 Å². The molecule has 0 radical (unpaired) electrons. The molecule has 0 atom stereocenters. The zero-order chi connectivity index (χ0) is 18.6. The topological polar surface area (TPSA) is 42.9 Å². The van der Waals surface area contributed by atoms with Gasteiger partial charge in [0.25, 0.3) is 0 Å². The molecule has 4 nitrogen and oxygen atoms in total. The van der Waals surface area contributed by atoms with Gasteiger partial charge in [-0.2, -0.15) is 0 Å². The molecule has 0 saturated heterocycles. The fourth-order valence-corrected chi connectivity index (χ4v) is 3.46. The number of nitrogens with zero attached hydrogens (tertiary/aromatic N) is 1. The molecule has 1 heterocycles. The van der Waals surface area contributed by atoms with Crippen molar-refractivity contribution >= 4 is 16.6 Å². The van der Waals surface area contributed by atoms with Gasteiger partial charge in [-0.15, -0.1) is 0 Å². The zero-order valence-electron chi connectivity index (χ0n) is 15.8. The SMILES string of the molecule is COCCOc1cc2ccc(-c3ccccc3C)cc2cc1C1=NCCN1. The standard InChI is InChI=1S/C23H24N2O2/c1-16-5-3-4-6-20(16)18-8-7-17-15-22(27-12-11-26-2)21(14-19(17)13-18)23-24-9-10-25-23/h3-8,13-15H,9-12H2,1-2H3,(H,24,25). The lowest BCUT2D eigenvalue weighted by atomic mass is 9.96. The first-order valence-electron chi connectivity index (χ1n) is 9.30. The van der Waals surface area contributed by atoms with E-state index < -0.39 is 0 Å². The molecule has 1 aliphatic rings. The second-order valence-corrected chi connectivity index (χ2v) is 6.72. The number of aliphatic imine (C=N–C) groups is 1. The monoisotopic (exact) mass is 360 g/mol. The van der Waals surface area contributed by atoms with E-state index in [9.17, 15) is 0 Å². The van der Waals surface area contributed by atoms with E-state index in [4.69, 9.17) is 9.47 Å². The summed E-state index contributed by atoms with van der Waals surface area (Å²) in [5.41, 5.74) is 4.77. The first-order valence-corrected chi connectivity index (χ1v) is 9.30. The number of amidine groups is 1. The average Bonchev–Trinajstić information content (AvgIpc) is 3.22. The molecule has 4 heteroatoms. The Morgan fingerprint density at radius 3 is 2.63 bits per heavy atom. The quantitative estimate of drug-likeness (QED) is 0.670. The van der Waals surface area contributed by atoms with Crippen molar-refractivity contribution in [2.45, 2.75) is 6.92 Å². The highest BCUT2D eigenvalue weighted by Gasteiger charge is 2.15. The molecule has 0 unspecified atom stereocenters. The summed E-state index contributed by atoms with van der Waals surface area (Å²) in [5.74, 6) is 1.75. The van der Waals surface area contributed by atoms with Crippen molar-refractivity contribution in [3.8, 4) is 16.9 Å². The third kappa shape index (κ3) is 3.67. The molecule has 0 spiro atoms. The average molecular weight is 360 g/mol. The second kappa shape index (κ2) is 7.80. The Labute approximate surface area is 159 Å². The van der Waals surface area contributed by atoms with Gasteiger partial charge in [0.1, 0.15) is 18.2 Å². The van der Waals surface area contributed by atoms with Crippen LogP contribution in [0, 0.1) is 6.92 Å². The van der Waals surface area contributed by atoms with E-state index >= 15 is 0 Å². The maximum Gasteiger partial charge on any atom is 0.132 e. The first kappa shape index (κ1) is 17.6. The Bertz CT molecular complexity index is 995. The van der Waals surface area contributed by atoms with Gasteiger partial charge in [-0.1, -0.05) is 36.4 Å². The van der Waals surface area contributed by atoms with Gasteiger partial charge in [0.05, 0.1) is 18.7 Å². The third-order valence-electron chi connectivity index (χ3n) is 4.87. The summed E-state index contributed by atoms with van der Waals surface area (Å²) in [6, 6.07) is 19.3. The number of fused-ring (bicyclic) bond motifs is 1. The van der Waals surface area contributed by atoms with Crippen molar-refractivity contribution in [2.24, 2.45) is 4.99 Å². The Morgan fingerprint density at radius 2 is 1.85 bits per heavy atom. The van der Waals surface area contributed by atoms with E-state index in [-0.39, 0.29) is 0 Å². The van der Waals surface area contributed by atoms with E-state index in [2.05, 4.69) is 71.8 Å². The van der Waals surface area contributed by atoms with E-state index in [1.54, 1.807) is 7.11 Å². The Morgan fingerprint density at radius 1 is 0.963 bits per heavy atom. The Balaban J connectivity index is 1.79. The van der Waals surface area contributed by atoms with Gasteiger partial charge >= 0.3 is 0 Å². The number of hydrogen-bond donors (Lipinski definition) is 1. The van der Waals surface area contributed by atoms with E-state index in [1.807, 2.05) is 0 Å². The number of aryl methyl sites for hydroxylation is 1. The number of hydrogen-bond acceptors (Lipinski definition) is 4. The normalized spacial score (nSPS) is 13.5. The fraction of sp³-hybridized carbons (Fsp3) is 0.261. The summed E-state index contributed by atoms with van der Waals surface area (Å²) < 4.78 is 11.1. The lowest BCUT2D eigenvalue weighted by molar-refractivity contribution is 0.146. The summed E-state index contributed by atoms with van der Waals surface area (Å²) in [6.45, 7) is 4.89. The predicted molar refractivity (Wildman–Crippen MR) is 111 cm³/mol. The molecule has 0 fully saturated rings. The Hall–Kier alpha value is -2.85. The summed E-state index contributed by atoms with van der Waals surface area (Å²) in [4.78, 5) is 4.59. The van der Waals surface area contributed by atoms with E-state index in [1.165, 1.54) is 22.1 Å². The van der Waals surface area contributed by atoms with Gasteiger partial charge in [-0.3, -0.25) is 4.99 Å². The molecular weight excluding hydrogens is 336 g/mol. The van der Waals surface area contributed by atoms with Crippen LogP contribution in [-0.4, -0.2) is 39.2 Å². The lowest BCUT2D eigenvalue weighted by Crippen LogP contribution is -2.20. The molecule has 138 valence electrons. The van der Waals surface area contributed by atoms with Crippen LogP contribution in [0.4, 0.5) is 0 Å². The van der Waals surface area contributed by atoms with Crippen molar-refractivity contribution in [3.05, 3.63) is 65.7 Å². The van der Waals surface area contributed by atoms with Crippen LogP contribution in [0.15, 0.2) is 59.6 Å². The van der Waals surface area contributed by atoms with Gasteiger partial charge in [0.15, 0.2) is 0 Å². The van der Waals surface area contributed by atoms with E-state index in [0.29, 0.717) is 13.2 Å². The van der Waals surface area contributed by atoms with Crippen LogP contribution >= 0.6 is 0 Å². The number of methoxy groups -OCH3 is 1. The van der Waals surface area contributed by atoms with Crippen LogP contribution in [0.25, 0.3) is 21.9 Å². The molecule has 3 aromatic carbocycles. The summed E-state index contributed by atoms with van der Waals surface area (Å²) in [7, 11) is 1.68. The molecule has 0 saturated carbocycles. The second-order valence-electron chi connectivity index (χ2n) is 6.72. The molecule has 0 bridgehead atoms. The fourth-order valence-electron chi connectivity index (χ4n) is 3.46. The molecule has 27 heavy (non-hydrogen) atoms. The number of nitrogens with one attached hydrogen (secondary N) is 1. The maximum atomic E-state index is 5.99. The van der Waals surface area contributed by atoms with Gasteiger partial charge in [-0.05, 0) is 52.6 Å². The van der Waals surface area contributed by atoms with Crippen LogP contribution in [0.1, 0.15) is 11.1 Å². The van der Waals surface area contributed by atoms with Gasteiger partial charge in [-0.25, -0.2) is 0 Å².